The van der Waals surface area contributed by atoms with E-state index in [2.05, 4.69) is 16.5 Å². The lowest BCUT2D eigenvalue weighted by Crippen LogP contribution is -2.09. The van der Waals surface area contributed by atoms with E-state index in [1.807, 2.05) is 7.05 Å². The Labute approximate surface area is 130 Å². The number of aromatic nitrogens is 3. The van der Waals surface area contributed by atoms with Crippen LogP contribution in [0.2, 0.25) is 0 Å². The molecule has 2 heterocycles. The fraction of sp³-hybridized carbons (Fsp3) is 0.375. The van der Waals surface area contributed by atoms with Crippen LogP contribution in [0.15, 0.2) is 29.9 Å². The van der Waals surface area contributed by atoms with Crippen LogP contribution in [0.5, 0.6) is 0 Å². The van der Waals surface area contributed by atoms with Gasteiger partial charge in [-0.05, 0) is 36.5 Å². The van der Waals surface area contributed by atoms with Crippen LogP contribution in [0.4, 0.5) is 0 Å². The van der Waals surface area contributed by atoms with Crippen LogP contribution in [-0.4, -0.2) is 28.7 Å². The highest BCUT2D eigenvalue weighted by Gasteiger charge is 2.28. The van der Waals surface area contributed by atoms with Gasteiger partial charge < -0.3 is 4.57 Å². The number of rotatable bonds is 5. The molecule has 0 atom stereocenters. The lowest BCUT2D eigenvalue weighted by atomic mass is 10.2. The van der Waals surface area contributed by atoms with E-state index < -0.39 is 9.84 Å². The molecule has 116 valence electrons. The number of sulfone groups is 1. The van der Waals surface area contributed by atoms with Crippen LogP contribution in [0.3, 0.4) is 0 Å². The highest BCUT2D eigenvalue weighted by atomic mass is 32.2. The Kier molecular flexibility index (Phi) is 3.64. The van der Waals surface area contributed by atoms with Gasteiger partial charge in [0.25, 0.3) is 0 Å². The first kappa shape index (κ1) is 15.0. The van der Waals surface area contributed by atoms with Crippen LogP contribution in [0.1, 0.15) is 36.9 Å². The summed E-state index contributed by atoms with van der Waals surface area (Å²) in [5.74, 6) is 1.05. The molecule has 2 aromatic rings. The van der Waals surface area contributed by atoms with Crippen molar-refractivity contribution >= 4 is 15.9 Å². The van der Waals surface area contributed by atoms with Gasteiger partial charge in [0, 0.05) is 13.2 Å². The van der Waals surface area contributed by atoms with Gasteiger partial charge >= 0.3 is 0 Å². The predicted octanol–water partition coefficient (Wildman–Crippen LogP) is 2.80. The van der Waals surface area contributed by atoms with Crippen molar-refractivity contribution in [1.29, 1.82) is 0 Å². The minimum atomic E-state index is -3.36. The van der Waals surface area contributed by atoms with Crippen LogP contribution in [0, 0.1) is 0 Å². The molecule has 1 aliphatic carbocycles. The van der Waals surface area contributed by atoms with Gasteiger partial charge in [-0.2, -0.15) is 0 Å². The largest absolute Gasteiger partial charge is 0.326 e. The minimum absolute atomic E-state index is 0.0501. The maximum absolute atomic E-state index is 12.5. The van der Waals surface area contributed by atoms with Gasteiger partial charge in [0.15, 0.2) is 15.7 Å². The average molecular weight is 317 g/mol. The molecule has 2 aromatic heterocycles. The maximum Gasteiger partial charge on any atom is 0.180 e. The highest BCUT2D eigenvalue weighted by Crippen LogP contribution is 2.41. The zero-order valence-electron chi connectivity index (χ0n) is 12.8. The fourth-order valence-electron chi connectivity index (χ4n) is 2.49. The molecule has 0 bridgehead atoms. The Bertz CT molecular complexity index is 833. The lowest BCUT2D eigenvalue weighted by Gasteiger charge is -2.11. The Morgan fingerprint density at radius 2 is 2.09 bits per heavy atom. The minimum Gasteiger partial charge on any atom is -0.326 e. The van der Waals surface area contributed by atoms with Crippen LogP contribution < -0.4 is 0 Å². The first-order valence-electron chi connectivity index (χ1n) is 7.35. The van der Waals surface area contributed by atoms with Gasteiger partial charge in [0.2, 0.25) is 0 Å². The predicted molar refractivity (Wildman–Crippen MR) is 86.2 cm³/mol. The van der Waals surface area contributed by atoms with E-state index in [9.17, 15) is 8.42 Å². The molecule has 1 aliphatic rings. The summed E-state index contributed by atoms with van der Waals surface area (Å²) >= 11 is 0. The Morgan fingerprint density at radius 3 is 2.64 bits per heavy atom. The van der Waals surface area contributed by atoms with E-state index in [-0.39, 0.29) is 10.6 Å². The number of imidazole rings is 1. The Morgan fingerprint density at radius 1 is 1.36 bits per heavy atom. The molecule has 22 heavy (non-hydrogen) atoms. The van der Waals surface area contributed by atoms with Crippen molar-refractivity contribution in [3.8, 4) is 11.5 Å². The molecule has 6 heteroatoms. The normalized spacial score (nSPS) is 15.0. The SMILES string of the molecule is C=Cc1cnc(-c2ncc(C3CC3)cc2S(=O)(=O)CC)n1C. The second kappa shape index (κ2) is 5.35. The van der Waals surface area contributed by atoms with Crippen molar-refractivity contribution in [3.05, 3.63) is 36.3 Å². The standard InChI is InChI=1S/C16H19N3O2S/c1-4-13-10-18-16(19(13)3)15-14(22(20,21)5-2)8-12(9-17-15)11-6-7-11/h4,8-11H,1,5-7H2,2-3H3. The van der Waals surface area contributed by atoms with Crippen molar-refractivity contribution in [2.24, 2.45) is 7.05 Å². The zero-order chi connectivity index (χ0) is 15.9. The van der Waals surface area contributed by atoms with Gasteiger partial charge in [-0.15, -0.1) is 0 Å². The van der Waals surface area contributed by atoms with Crippen molar-refractivity contribution in [1.82, 2.24) is 14.5 Å². The molecule has 0 spiro atoms. The Hall–Kier alpha value is -1.95. The van der Waals surface area contributed by atoms with Gasteiger partial charge in [-0.1, -0.05) is 13.5 Å². The topological polar surface area (TPSA) is 64.8 Å². The van der Waals surface area contributed by atoms with Crippen molar-refractivity contribution in [3.63, 3.8) is 0 Å². The summed E-state index contributed by atoms with van der Waals surface area (Å²) in [7, 11) is -1.53. The number of hydrogen-bond acceptors (Lipinski definition) is 4. The van der Waals surface area contributed by atoms with Crippen molar-refractivity contribution in [2.45, 2.75) is 30.6 Å². The molecule has 0 aliphatic heterocycles. The van der Waals surface area contributed by atoms with Gasteiger partial charge in [-0.3, -0.25) is 4.98 Å². The summed E-state index contributed by atoms with van der Waals surface area (Å²) in [4.78, 5) is 9.04. The number of nitrogens with zero attached hydrogens (tertiary/aromatic N) is 3. The monoisotopic (exact) mass is 317 g/mol. The molecule has 0 amide bonds. The van der Waals surface area contributed by atoms with E-state index in [1.54, 1.807) is 36.0 Å². The average Bonchev–Trinajstić information content (AvgIpc) is 3.30. The molecule has 5 nitrogen and oxygen atoms in total. The van der Waals surface area contributed by atoms with Crippen LogP contribution in [0.25, 0.3) is 17.6 Å². The van der Waals surface area contributed by atoms with E-state index in [1.165, 1.54) is 0 Å². The molecule has 1 saturated carbocycles. The second-order valence-corrected chi connectivity index (χ2v) is 7.81. The molecule has 0 aromatic carbocycles. The molecule has 0 unspecified atom stereocenters. The van der Waals surface area contributed by atoms with Crippen LogP contribution >= 0.6 is 0 Å². The summed E-state index contributed by atoms with van der Waals surface area (Å²) in [5, 5.41) is 0. The van der Waals surface area contributed by atoms with E-state index in [0.717, 1.165) is 24.1 Å². The summed E-state index contributed by atoms with van der Waals surface area (Å²) in [6, 6.07) is 1.78. The quantitative estimate of drug-likeness (QED) is 0.850. The molecular weight excluding hydrogens is 298 g/mol. The Balaban J connectivity index is 2.21. The smallest absolute Gasteiger partial charge is 0.180 e. The molecule has 0 N–H and O–H groups in total. The molecule has 1 fully saturated rings. The van der Waals surface area contributed by atoms with E-state index in [4.69, 9.17) is 0 Å². The summed E-state index contributed by atoms with van der Waals surface area (Å²) in [6.07, 6.45) is 7.35. The highest BCUT2D eigenvalue weighted by molar-refractivity contribution is 7.91. The third-order valence-electron chi connectivity index (χ3n) is 4.08. The fourth-order valence-corrected chi connectivity index (χ4v) is 3.56. The van der Waals surface area contributed by atoms with Gasteiger partial charge in [-0.25, -0.2) is 13.4 Å². The van der Waals surface area contributed by atoms with E-state index >= 15 is 0 Å². The molecular formula is C16H19N3O2S. The lowest BCUT2D eigenvalue weighted by molar-refractivity contribution is 0.597. The number of pyridine rings is 1. The first-order chi connectivity index (χ1) is 10.5. The van der Waals surface area contributed by atoms with Gasteiger partial charge in [0.1, 0.15) is 5.69 Å². The van der Waals surface area contributed by atoms with E-state index in [0.29, 0.717) is 17.4 Å². The summed E-state index contributed by atoms with van der Waals surface area (Å²) in [6.45, 7) is 5.38. The van der Waals surface area contributed by atoms with Gasteiger partial charge in [0.05, 0.1) is 22.5 Å². The summed E-state index contributed by atoms with van der Waals surface area (Å²) in [5.41, 5.74) is 2.25. The number of hydrogen-bond donors (Lipinski definition) is 0. The summed E-state index contributed by atoms with van der Waals surface area (Å²) < 4.78 is 26.8. The molecule has 3 rings (SSSR count). The molecule has 0 saturated heterocycles. The first-order valence-corrected chi connectivity index (χ1v) is 9.00. The van der Waals surface area contributed by atoms with Crippen molar-refractivity contribution < 1.29 is 8.42 Å². The molecule has 0 radical (unpaired) electrons. The maximum atomic E-state index is 12.5. The second-order valence-electron chi connectivity index (χ2n) is 5.56. The third kappa shape index (κ3) is 2.47. The third-order valence-corrected chi connectivity index (χ3v) is 5.82. The van der Waals surface area contributed by atoms with Crippen molar-refractivity contribution in [2.75, 3.05) is 5.75 Å². The zero-order valence-corrected chi connectivity index (χ0v) is 13.6. The van der Waals surface area contributed by atoms with Crippen LogP contribution in [-0.2, 0) is 16.9 Å².